The van der Waals surface area contributed by atoms with Crippen LogP contribution in [0.25, 0.3) is 11.5 Å². The zero-order valence-electron chi connectivity index (χ0n) is 26.8. The van der Waals surface area contributed by atoms with Gasteiger partial charge in [-0.3, -0.25) is 0 Å². The zero-order chi connectivity index (χ0) is 32.1. The van der Waals surface area contributed by atoms with Gasteiger partial charge in [0, 0.05) is 23.9 Å². The molecule has 4 rings (SSSR count). The topological polar surface area (TPSA) is 161 Å². The van der Waals surface area contributed by atoms with Gasteiger partial charge in [-0.25, -0.2) is 9.78 Å². The Labute approximate surface area is 260 Å². The monoisotopic (exact) mass is 605 g/mol. The fourth-order valence-electron chi connectivity index (χ4n) is 4.78. The zero-order valence-corrected chi connectivity index (χ0v) is 26.8. The van der Waals surface area contributed by atoms with Gasteiger partial charge in [-0.2, -0.15) is 4.98 Å². The number of nitrogens with one attached hydrogen (secondary N) is 2. The van der Waals surface area contributed by atoms with Crippen LogP contribution in [-0.2, 0) is 16.8 Å². The Bertz CT molecular complexity index is 1430. The maximum Gasteiger partial charge on any atom is 0.339 e. The van der Waals surface area contributed by atoms with Gasteiger partial charge in [0.2, 0.25) is 11.8 Å². The van der Waals surface area contributed by atoms with E-state index in [1.165, 1.54) is 0 Å². The molecule has 0 unspecified atom stereocenters. The second kappa shape index (κ2) is 16.7. The number of allylic oxidation sites excluding steroid dienone is 2. The summed E-state index contributed by atoms with van der Waals surface area (Å²) in [7, 11) is 0. The van der Waals surface area contributed by atoms with Crippen molar-refractivity contribution in [3.05, 3.63) is 65.2 Å². The van der Waals surface area contributed by atoms with Crippen molar-refractivity contribution in [1.29, 1.82) is 0 Å². The van der Waals surface area contributed by atoms with Crippen LogP contribution in [0.3, 0.4) is 0 Å². The summed E-state index contributed by atoms with van der Waals surface area (Å²) in [5.74, 6) is 1.23. The number of aliphatic hydroxyl groups is 1. The number of carbonyl (C=O) groups excluding carboxylic acids is 1. The van der Waals surface area contributed by atoms with E-state index in [2.05, 4.69) is 32.7 Å². The number of nitrogens with zero attached hydrogens (tertiary/aromatic N) is 4. The number of esters is 1. The predicted octanol–water partition coefficient (Wildman–Crippen LogP) is 6.45. The van der Waals surface area contributed by atoms with Gasteiger partial charge in [0.25, 0.3) is 5.89 Å². The summed E-state index contributed by atoms with van der Waals surface area (Å²) >= 11 is 0. The minimum atomic E-state index is -0.731. The molecule has 0 bridgehead atoms. The molecule has 1 aliphatic rings. The Morgan fingerprint density at radius 1 is 1.14 bits per heavy atom. The van der Waals surface area contributed by atoms with Crippen LogP contribution in [0.2, 0.25) is 0 Å². The SMILES string of the molecule is C/C=C(\C=C/CC)[C@@H](CO)Nc1nc(Nc2ccc3c(c2)C(C)(C)OC3=O)ncc1-c1nnc(CCCCCCN)o1.CC. The number of benzene rings is 1. The lowest BCUT2D eigenvalue weighted by molar-refractivity contribution is 0.00954. The van der Waals surface area contributed by atoms with E-state index in [0.29, 0.717) is 53.3 Å². The number of aliphatic hydroxyl groups excluding tert-OH is 1. The average molecular weight is 606 g/mol. The molecular formula is C33H47N7O4. The number of aromatic nitrogens is 4. The van der Waals surface area contributed by atoms with Gasteiger partial charge >= 0.3 is 5.97 Å². The highest BCUT2D eigenvalue weighted by Gasteiger charge is 2.37. The number of unbranched alkanes of at least 4 members (excludes halogenated alkanes) is 3. The quantitative estimate of drug-likeness (QED) is 0.0856. The predicted molar refractivity (Wildman–Crippen MR) is 174 cm³/mol. The molecule has 0 spiro atoms. The van der Waals surface area contributed by atoms with E-state index < -0.39 is 11.6 Å². The van der Waals surface area contributed by atoms with Crippen LogP contribution < -0.4 is 16.4 Å². The number of aryl methyl sites for hydroxylation is 1. The Kier molecular flexibility index (Phi) is 13.0. The number of rotatable bonds is 15. The molecule has 238 valence electrons. The highest BCUT2D eigenvalue weighted by molar-refractivity contribution is 5.95. The van der Waals surface area contributed by atoms with Crippen molar-refractivity contribution in [3.63, 3.8) is 0 Å². The fraction of sp³-hybridized carbons (Fsp3) is 0.485. The molecule has 3 heterocycles. The first-order valence-electron chi connectivity index (χ1n) is 15.5. The van der Waals surface area contributed by atoms with Crippen molar-refractivity contribution in [2.24, 2.45) is 5.73 Å². The minimum absolute atomic E-state index is 0.161. The van der Waals surface area contributed by atoms with Crippen LogP contribution in [0.1, 0.15) is 95.5 Å². The number of hydrogen-bond donors (Lipinski definition) is 4. The summed E-state index contributed by atoms with van der Waals surface area (Å²) < 4.78 is 11.5. The molecule has 44 heavy (non-hydrogen) atoms. The molecule has 0 radical (unpaired) electrons. The van der Waals surface area contributed by atoms with Crippen LogP contribution in [0.5, 0.6) is 0 Å². The van der Waals surface area contributed by atoms with Gasteiger partial charge in [-0.15, -0.1) is 10.2 Å². The third-order valence-corrected chi connectivity index (χ3v) is 7.10. The van der Waals surface area contributed by atoms with Crippen molar-refractivity contribution in [3.8, 4) is 11.5 Å². The number of fused-ring (bicyclic) bond motifs is 1. The van der Waals surface area contributed by atoms with E-state index in [-0.39, 0.29) is 12.6 Å². The van der Waals surface area contributed by atoms with Crippen LogP contribution in [-0.4, -0.2) is 50.4 Å². The normalized spacial score (nSPS) is 14.5. The van der Waals surface area contributed by atoms with Gasteiger partial charge in [0.05, 0.1) is 23.8 Å². The van der Waals surface area contributed by atoms with E-state index in [1.807, 2.05) is 58.9 Å². The first-order valence-corrected chi connectivity index (χ1v) is 15.5. The molecule has 2 aromatic heterocycles. The van der Waals surface area contributed by atoms with Gasteiger partial charge in [-0.1, -0.05) is 51.8 Å². The summed E-state index contributed by atoms with van der Waals surface area (Å²) in [6, 6.07) is 4.95. The maximum absolute atomic E-state index is 12.2. The highest BCUT2D eigenvalue weighted by atomic mass is 16.6. The Morgan fingerprint density at radius 2 is 1.91 bits per heavy atom. The molecule has 1 aromatic carbocycles. The molecule has 0 fully saturated rings. The van der Waals surface area contributed by atoms with Gasteiger partial charge in [0.15, 0.2) is 0 Å². The summed E-state index contributed by atoms with van der Waals surface area (Å²) in [5.41, 5.74) is 8.31. The first kappa shape index (κ1) is 34.4. The molecule has 1 atom stereocenters. The lowest BCUT2D eigenvalue weighted by Gasteiger charge is -2.20. The highest BCUT2D eigenvalue weighted by Crippen LogP contribution is 2.38. The van der Waals surface area contributed by atoms with E-state index >= 15 is 0 Å². The first-order chi connectivity index (χ1) is 21.3. The molecule has 11 heteroatoms. The molecule has 1 aliphatic heterocycles. The van der Waals surface area contributed by atoms with E-state index in [9.17, 15) is 9.90 Å². The van der Waals surface area contributed by atoms with Crippen molar-refractivity contribution < 1.29 is 19.1 Å². The number of anilines is 3. The summed E-state index contributed by atoms with van der Waals surface area (Å²) in [6.07, 6.45) is 13.2. The second-order valence-electron chi connectivity index (χ2n) is 10.7. The summed E-state index contributed by atoms with van der Waals surface area (Å²) in [6.45, 7) is 12.2. The Morgan fingerprint density at radius 3 is 2.61 bits per heavy atom. The molecule has 11 nitrogen and oxygen atoms in total. The number of hydrogen-bond acceptors (Lipinski definition) is 11. The van der Waals surface area contributed by atoms with Gasteiger partial charge < -0.3 is 30.6 Å². The van der Waals surface area contributed by atoms with E-state index in [4.69, 9.17) is 19.9 Å². The molecule has 5 N–H and O–H groups in total. The van der Waals surface area contributed by atoms with Crippen molar-refractivity contribution in [1.82, 2.24) is 20.2 Å². The van der Waals surface area contributed by atoms with Gasteiger partial charge in [-0.05, 0) is 70.4 Å². The smallest absolute Gasteiger partial charge is 0.339 e. The molecular weight excluding hydrogens is 558 g/mol. The van der Waals surface area contributed by atoms with Crippen molar-refractivity contribution in [2.45, 2.75) is 91.7 Å². The van der Waals surface area contributed by atoms with Crippen LogP contribution in [0.15, 0.2) is 52.6 Å². The van der Waals surface area contributed by atoms with Gasteiger partial charge in [0.1, 0.15) is 11.4 Å². The largest absolute Gasteiger partial charge is 0.451 e. The lowest BCUT2D eigenvalue weighted by Crippen LogP contribution is -2.26. The lowest BCUT2D eigenvalue weighted by atomic mass is 9.95. The number of nitrogens with two attached hydrogens (primary N) is 1. The van der Waals surface area contributed by atoms with Crippen molar-refractivity contribution in [2.75, 3.05) is 23.8 Å². The number of ether oxygens (including phenoxy) is 1. The van der Waals surface area contributed by atoms with Crippen LogP contribution in [0, 0.1) is 0 Å². The van der Waals surface area contributed by atoms with E-state index in [1.54, 1.807) is 18.3 Å². The number of carbonyl (C=O) groups is 1. The fourth-order valence-corrected chi connectivity index (χ4v) is 4.78. The number of cyclic esters (lactones) is 1. The van der Waals surface area contributed by atoms with Crippen LogP contribution in [0.4, 0.5) is 17.5 Å². The van der Waals surface area contributed by atoms with Crippen molar-refractivity contribution >= 4 is 23.4 Å². The Hall–Kier alpha value is -4.09. The molecule has 0 saturated carbocycles. The Balaban J connectivity index is 0.00000259. The molecule has 0 saturated heterocycles. The van der Waals surface area contributed by atoms with Crippen LogP contribution >= 0.6 is 0 Å². The summed E-state index contributed by atoms with van der Waals surface area (Å²) in [4.78, 5) is 21.5. The summed E-state index contributed by atoms with van der Waals surface area (Å²) in [5, 5.41) is 25.4. The molecule has 0 aliphatic carbocycles. The molecule has 0 amide bonds. The van der Waals surface area contributed by atoms with E-state index in [0.717, 1.165) is 43.2 Å². The average Bonchev–Trinajstić information content (AvgIpc) is 3.58. The maximum atomic E-state index is 12.2. The molecule has 3 aromatic rings. The third kappa shape index (κ3) is 8.73. The third-order valence-electron chi connectivity index (χ3n) is 7.10. The minimum Gasteiger partial charge on any atom is -0.451 e. The second-order valence-corrected chi connectivity index (χ2v) is 10.7. The standard InChI is InChI=1S/C31H41N7O4.C2H6/c1-5-7-12-20(6-2)25(19-39)35-27-23(28-38-37-26(41-28)13-10-8-9-11-16-32)18-33-30(36-27)34-21-14-15-22-24(17-21)31(3,4)42-29(22)40;1-2/h6-7,12,14-15,17-18,25,39H,5,8-11,13,16,19,32H2,1-4H3,(H2,33,34,35,36);1-2H3/b12-7-,20-6+;/t25-;/m1./s1.